The van der Waals surface area contributed by atoms with Crippen LogP contribution in [-0.4, -0.2) is 37.0 Å². The Balaban J connectivity index is 2.00. The van der Waals surface area contributed by atoms with E-state index in [2.05, 4.69) is 5.32 Å². The molecule has 0 radical (unpaired) electrons. The summed E-state index contributed by atoms with van der Waals surface area (Å²) >= 11 is 0. The molecule has 2 amide bonds. The van der Waals surface area contributed by atoms with Gasteiger partial charge in [-0.25, -0.2) is 4.79 Å². The van der Waals surface area contributed by atoms with Crippen molar-refractivity contribution in [3.8, 4) is 0 Å². The normalized spacial score (nSPS) is 16.8. The van der Waals surface area contributed by atoms with Crippen molar-refractivity contribution in [3.05, 3.63) is 35.9 Å². The average molecular weight is 344 g/mol. The van der Waals surface area contributed by atoms with Gasteiger partial charge in [-0.3, -0.25) is 9.59 Å². The minimum atomic E-state index is -1.05. The number of ether oxygens (including phenoxy) is 1. The predicted octanol–water partition coefficient (Wildman–Crippen LogP) is 2.28. The fourth-order valence-electron chi connectivity index (χ4n) is 2.68. The number of carbonyl (C=O) groups excluding carboxylic acids is 3. The summed E-state index contributed by atoms with van der Waals surface area (Å²) < 4.78 is 4.73. The third-order valence-electron chi connectivity index (χ3n) is 4.45. The van der Waals surface area contributed by atoms with Crippen molar-refractivity contribution in [3.63, 3.8) is 0 Å². The van der Waals surface area contributed by atoms with E-state index in [4.69, 9.17) is 4.74 Å². The highest BCUT2D eigenvalue weighted by molar-refractivity contribution is 5.97. The van der Waals surface area contributed by atoms with Gasteiger partial charge in [-0.1, -0.05) is 19.1 Å². The van der Waals surface area contributed by atoms with E-state index in [0.717, 1.165) is 24.2 Å². The fraction of sp³-hybridized carbons (Fsp3) is 0.421. The molecule has 0 unspecified atom stereocenters. The van der Waals surface area contributed by atoms with Gasteiger partial charge < -0.3 is 15.0 Å². The van der Waals surface area contributed by atoms with Crippen LogP contribution in [-0.2, 0) is 19.1 Å². The van der Waals surface area contributed by atoms with Crippen LogP contribution in [0, 0.1) is 0 Å². The van der Waals surface area contributed by atoms with Gasteiger partial charge in [0.05, 0.1) is 7.11 Å². The van der Waals surface area contributed by atoms with Crippen LogP contribution in [0.1, 0.15) is 38.7 Å². The van der Waals surface area contributed by atoms with Crippen LogP contribution in [0.2, 0.25) is 0 Å². The third kappa shape index (κ3) is 4.47. The van der Waals surface area contributed by atoms with Crippen LogP contribution in [0.3, 0.4) is 0 Å². The molecule has 0 aromatic heterocycles. The maximum Gasteiger partial charge on any atom is 0.331 e. The molecule has 6 heteroatoms. The second-order valence-corrected chi connectivity index (χ2v) is 6.24. The lowest BCUT2D eigenvalue weighted by Crippen LogP contribution is -2.51. The molecule has 0 saturated carbocycles. The number of esters is 1. The maximum absolute atomic E-state index is 12.1. The lowest BCUT2D eigenvalue weighted by Gasteiger charge is -2.25. The quantitative estimate of drug-likeness (QED) is 0.634. The van der Waals surface area contributed by atoms with E-state index in [0.29, 0.717) is 12.8 Å². The highest BCUT2D eigenvalue weighted by Gasteiger charge is 2.33. The Kier molecular flexibility index (Phi) is 5.96. The molecule has 1 aromatic carbocycles. The summed E-state index contributed by atoms with van der Waals surface area (Å²) in [5.41, 5.74) is 0.658. The fourth-order valence-corrected chi connectivity index (χ4v) is 2.68. The number of benzene rings is 1. The molecule has 1 heterocycles. The maximum atomic E-state index is 12.1. The molecule has 1 saturated heterocycles. The summed E-state index contributed by atoms with van der Waals surface area (Å²) in [6.07, 6.45) is 4.96. The summed E-state index contributed by atoms with van der Waals surface area (Å²) in [5.74, 6) is -0.700. The van der Waals surface area contributed by atoms with Gasteiger partial charge >= 0.3 is 5.97 Å². The van der Waals surface area contributed by atoms with E-state index >= 15 is 0 Å². The molecule has 1 aliphatic heterocycles. The first-order valence-electron chi connectivity index (χ1n) is 8.38. The Morgan fingerprint density at radius 3 is 2.52 bits per heavy atom. The van der Waals surface area contributed by atoms with Crippen LogP contribution in [0.5, 0.6) is 0 Å². The van der Waals surface area contributed by atoms with E-state index in [-0.39, 0.29) is 11.8 Å². The van der Waals surface area contributed by atoms with Crippen molar-refractivity contribution < 1.29 is 19.1 Å². The van der Waals surface area contributed by atoms with Crippen LogP contribution in [0.25, 0.3) is 6.08 Å². The monoisotopic (exact) mass is 344 g/mol. The van der Waals surface area contributed by atoms with Gasteiger partial charge in [-0.2, -0.15) is 0 Å². The molecule has 25 heavy (non-hydrogen) atoms. The lowest BCUT2D eigenvalue weighted by molar-refractivity contribution is -0.149. The van der Waals surface area contributed by atoms with Crippen LogP contribution < -0.4 is 10.2 Å². The Morgan fingerprint density at radius 2 is 2.00 bits per heavy atom. The van der Waals surface area contributed by atoms with E-state index in [9.17, 15) is 14.4 Å². The lowest BCUT2D eigenvalue weighted by atomic mass is 9.99. The van der Waals surface area contributed by atoms with Crippen LogP contribution >= 0.6 is 0 Å². The molecule has 0 spiro atoms. The Hall–Kier alpha value is -2.63. The van der Waals surface area contributed by atoms with Gasteiger partial charge in [-0.15, -0.1) is 0 Å². The second kappa shape index (κ2) is 7.96. The van der Waals surface area contributed by atoms with Gasteiger partial charge in [0, 0.05) is 24.7 Å². The van der Waals surface area contributed by atoms with E-state index in [1.54, 1.807) is 24.8 Å². The number of hydrogen-bond donors (Lipinski definition) is 1. The number of nitrogens with zero attached hydrogens (tertiary/aromatic N) is 1. The Labute approximate surface area is 147 Å². The van der Waals surface area contributed by atoms with Gasteiger partial charge in [0.2, 0.25) is 11.8 Å². The topological polar surface area (TPSA) is 75.7 Å². The predicted molar refractivity (Wildman–Crippen MR) is 95.9 cm³/mol. The largest absolute Gasteiger partial charge is 0.467 e. The number of anilines is 1. The van der Waals surface area contributed by atoms with E-state index < -0.39 is 11.5 Å². The highest BCUT2D eigenvalue weighted by Crippen LogP contribution is 2.22. The molecule has 1 atom stereocenters. The van der Waals surface area contributed by atoms with Crippen molar-refractivity contribution in [2.24, 2.45) is 0 Å². The smallest absolute Gasteiger partial charge is 0.331 e. The van der Waals surface area contributed by atoms with Crippen LogP contribution in [0.4, 0.5) is 5.69 Å². The molecular weight excluding hydrogens is 320 g/mol. The van der Waals surface area contributed by atoms with Crippen LogP contribution in [0.15, 0.2) is 30.3 Å². The van der Waals surface area contributed by atoms with E-state index in [1.807, 2.05) is 24.3 Å². The van der Waals surface area contributed by atoms with E-state index in [1.165, 1.54) is 13.2 Å². The first-order valence-corrected chi connectivity index (χ1v) is 8.38. The molecule has 0 bridgehead atoms. The molecule has 1 aliphatic rings. The first-order chi connectivity index (χ1) is 11.9. The summed E-state index contributed by atoms with van der Waals surface area (Å²) in [7, 11) is 1.30. The van der Waals surface area contributed by atoms with Crippen molar-refractivity contribution in [1.82, 2.24) is 5.32 Å². The number of hydrogen-bond acceptors (Lipinski definition) is 4. The second-order valence-electron chi connectivity index (χ2n) is 6.24. The SMILES string of the molecule is CC[C@](C)(NC(=O)/C=C/c1ccc(N2CCCC2=O)cc1)C(=O)OC. The average Bonchev–Trinajstić information content (AvgIpc) is 3.05. The number of amides is 2. The standard InChI is InChI=1S/C19H24N2O4/c1-4-19(2,18(24)25-3)20-16(22)12-9-14-7-10-15(11-8-14)21-13-5-6-17(21)23/h7-12H,4-6,13H2,1-3H3,(H,20,22)/b12-9+/t19-/m0/s1. The summed E-state index contributed by atoms with van der Waals surface area (Å²) in [5, 5.41) is 2.67. The van der Waals surface area contributed by atoms with Crippen molar-refractivity contribution in [2.75, 3.05) is 18.6 Å². The summed E-state index contributed by atoms with van der Waals surface area (Å²) in [4.78, 5) is 37.3. The number of carbonyl (C=O) groups is 3. The zero-order valence-electron chi connectivity index (χ0n) is 14.9. The minimum Gasteiger partial charge on any atom is -0.467 e. The van der Waals surface area contributed by atoms with Gasteiger partial charge in [-0.05, 0) is 43.5 Å². The van der Waals surface area contributed by atoms with Crippen molar-refractivity contribution in [1.29, 1.82) is 0 Å². The first kappa shape index (κ1) is 18.7. The Morgan fingerprint density at radius 1 is 1.32 bits per heavy atom. The highest BCUT2D eigenvalue weighted by atomic mass is 16.5. The van der Waals surface area contributed by atoms with Gasteiger partial charge in [0.25, 0.3) is 0 Å². The molecular formula is C19H24N2O4. The zero-order valence-corrected chi connectivity index (χ0v) is 14.9. The summed E-state index contributed by atoms with van der Waals surface area (Å²) in [6, 6.07) is 7.44. The molecule has 0 aliphatic carbocycles. The number of rotatable bonds is 6. The number of methoxy groups -OCH3 is 1. The molecule has 134 valence electrons. The minimum absolute atomic E-state index is 0.143. The van der Waals surface area contributed by atoms with Crippen molar-refractivity contribution >= 4 is 29.5 Å². The Bertz CT molecular complexity index is 681. The third-order valence-corrected chi connectivity index (χ3v) is 4.45. The molecule has 2 rings (SSSR count). The van der Waals surface area contributed by atoms with Crippen molar-refractivity contribution in [2.45, 2.75) is 38.6 Å². The molecule has 1 fully saturated rings. The molecule has 1 aromatic rings. The van der Waals surface area contributed by atoms with Gasteiger partial charge in [0.15, 0.2) is 0 Å². The zero-order chi connectivity index (χ0) is 18.4. The van der Waals surface area contributed by atoms with Gasteiger partial charge in [0.1, 0.15) is 5.54 Å². The molecule has 1 N–H and O–H groups in total. The molecule has 6 nitrogen and oxygen atoms in total. The number of nitrogens with one attached hydrogen (secondary N) is 1. The summed E-state index contributed by atoms with van der Waals surface area (Å²) in [6.45, 7) is 4.19.